The maximum atomic E-state index is 9.12. The van der Waals surface area contributed by atoms with Crippen molar-refractivity contribution in [2.45, 2.75) is 6.54 Å². The Labute approximate surface area is 131 Å². The monoisotopic (exact) mass is 341 g/mol. The van der Waals surface area contributed by atoms with E-state index < -0.39 is 0 Å². The Bertz CT molecular complexity index is 744. The summed E-state index contributed by atoms with van der Waals surface area (Å²) in [5.41, 5.74) is 2.73. The van der Waals surface area contributed by atoms with Gasteiger partial charge >= 0.3 is 0 Å². The SMILES string of the molecule is COc1ccc(C#N)cc1CNc1cc(Br)ccc1C#N. The molecule has 0 radical (unpaired) electrons. The second-order valence-corrected chi connectivity index (χ2v) is 5.21. The lowest BCUT2D eigenvalue weighted by atomic mass is 10.1. The van der Waals surface area contributed by atoms with Gasteiger partial charge in [-0.25, -0.2) is 0 Å². The van der Waals surface area contributed by atoms with Gasteiger partial charge in [0.15, 0.2) is 0 Å². The van der Waals surface area contributed by atoms with E-state index in [1.165, 1.54) is 0 Å². The van der Waals surface area contributed by atoms with Crippen LogP contribution in [0.3, 0.4) is 0 Å². The van der Waals surface area contributed by atoms with Crippen LogP contribution in [0.2, 0.25) is 0 Å². The lowest BCUT2D eigenvalue weighted by molar-refractivity contribution is 0.410. The first kappa shape index (κ1) is 14.9. The first-order valence-corrected chi connectivity index (χ1v) is 6.97. The maximum Gasteiger partial charge on any atom is 0.123 e. The summed E-state index contributed by atoms with van der Waals surface area (Å²) in [6.45, 7) is 0.462. The molecule has 0 atom stereocenters. The molecular weight excluding hydrogens is 330 g/mol. The molecular formula is C16H12BrN3O. The minimum absolute atomic E-state index is 0.462. The van der Waals surface area contributed by atoms with Crippen molar-refractivity contribution >= 4 is 21.6 Å². The van der Waals surface area contributed by atoms with Crippen LogP contribution in [-0.2, 0) is 6.54 Å². The highest BCUT2D eigenvalue weighted by Gasteiger charge is 2.07. The molecule has 4 nitrogen and oxygen atoms in total. The van der Waals surface area contributed by atoms with Crippen LogP contribution in [0, 0.1) is 22.7 Å². The van der Waals surface area contributed by atoms with Crippen molar-refractivity contribution in [1.29, 1.82) is 10.5 Å². The van der Waals surface area contributed by atoms with Crippen LogP contribution in [0.5, 0.6) is 5.75 Å². The molecule has 0 spiro atoms. The van der Waals surface area contributed by atoms with Gasteiger partial charge in [0.2, 0.25) is 0 Å². The van der Waals surface area contributed by atoms with E-state index >= 15 is 0 Å². The maximum absolute atomic E-state index is 9.12. The van der Waals surface area contributed by atoms with E-state index in [-0.39, 0.29) is 0 Å². The smallest absolute Gasteiger partial charge is 0.123 e. The van der Waals surface area contributed by atoms with Crippen molar-refractivity contribution in [3.05, 3.63) is 57.6 Å². The third kappa shape index (κ3) is 3.53. The second kappa shape index (κ2) is 6.78. The predicted octanol–water partition coefficient (Wildman–Crippen LogP) is 3.81. The Morgan fingerprint density at radius 3 is 2.62 bits per heavy atom. The first-order valence-electron chi connectivity index (χ1n) is 6.18. The Kier molecular flexibility index (Phi) is 4.81. The molecule has 2 aromatic carbocycles. The third-order valence-corrected chi connectivity index (χ3v) is 3.47. The Hall–Kier alpha value is -2.50. The zero-order valence-electron chi connectivity index (χ0n) is 11.4. The molecule has 0 aromatic heterocycles. The summed E-state index contributed by atoms with van der Waals surface area (Å²) in [7, 11) is 1.59. The summed E-state index contributed by atoms with van der Waals surface area (Å²) in [6, 6.07) is 14.9. The Morgan fingerprint density at radius 2 is 1.95 bits per heavy atom. The van der Waals surface area contributed by atoms with Gasteiger partial charge in [0, 0.05) is 16.6 Å². The molecule has 104 valence electrons. The molecule has 0 aliphatic rings. The van der Waals surface area contributed by atoms with Crippen molar-refractivity contribution in [3.63, 3.8) is 0 Å². The summed E-state index contributed by atoms with van der Waals surface area (Å²) in [6.07, 6.45) is 0. The Morgan fingerprint density at radius 1 is 1.14 bits per heavy atom. The Balaban J connectivity index is 2.26. The van der Waals surface area contributed by atoms with E-state index in [4.69, 9.17) is 15.3 Å². The van der Waals surface area contributed by atoms with E-state index in [2.05, 4.69) is 33.4 Å². The molecule has 2 rings (SSSR count). The van der Waals surface area contributed by atoms with Crippen LogP contribution in [0.15, 0.2) is 40.9 Å². The van der Waals surface area contributed by atoms with Crippen LogP contribution < -0.4 is 10.1 Å². The van der Waals surface area contributed by atoms with E-state index in [1.54, 1.807) is 31.4 Å². The number of nitrogens with one attached hydrogen (secondary N) is 1. The van der Waals surface area contributed by atoms with Gasteiger partial charge in [0.25, 0.3) is 0 Å². The number of halogens is 1. The van der Waals surface area contributed by atoms with E-state index in [0.717, 1.165) is 15.7 Å². The van der Waals surface area contributed by atoms with Gasteiger partial charge in [-0.05, 0) is 36.4 Å². The quantitative estimate of drug-likeness (QED) is 0.917. The molecule has 0 heterocycles. The fourth-order valence-corrected chi connectivity index (χ4v) is 2.30. The van der Waals surface area contributed by atoms with Crippen molar-refractivity contribution in [1.82, 2.24) is 0 Å². The average Bonchev–Trinajstić information content (AvgIpc) is 2.52. The van der Waals surface area contributed by atoms with Crippen LogP contribution in [0.4, 0.5) is 5.69 Å². The summed E-state index contributed by atoms with van der Waals surface area (Å²) in [5, 5.41) is 21.3. The molecule has 0 aliphatic carbocycles. The molecule has 21 heavy (non-hydrogen) atoms. The summed E-state index contributed by atoms with van der Waals surface area (Å²) in [5.74, 6) is 0.704. The molecule has 0 bridgehead atoms. The zero-order valence-corrected chi connectivity index (χ0v) is 12.9. The molecule has 0 unspecified atom stereocenters. The predicted molar refractivity (Wildman–Crippen MR) is 83.9 cm³/mol. The number of hydrogen-bond donors (Lipinski definition) is 1. The van der Waals surface area contributed by atoms with Gasteiger partial charge in [-0.3, -0.25) is 0 Å². The molecule has 0 saturated heterocycles. The molecule has 0 fully saturated rings. The number of methoxy groups -OCH3 is 1. The third-order valence-electron chi connectivity index (χ3n) is 2.98. The highest BCUT2D eigenvalue weighted by molar-refractivity contribution is 9.10. The van der Waals surface area contributed by atoms with Gasteiger partial charge in [-0.2, -0.15) is 10.5 Å². The minimum Gasteiger partial charge on any atom is -0.496 e. The first-order chi connectivity index (χ1) is 10.2. The molecule has 0 saturated carbocycles. The summed E-state index contributed by atoms with van der Waals surface area (Å²) in [4.78, 5) is 0. The molecule has 0 amide bonds. The standard InChI is InChI=1S/C16H12BrN3O/c1-21-16-5-2-11(8-18)6-13(16)10-20-15-7-14(17)4-3-12(15)9-19/h2-7,20H,10H2,1H3. The van der Waals surface area contributed by atoms with Crippen LogP contribution in [0.1, 0.15) is 16.7 Å². The zero-order chi connectivity index (χ0) is 15.2. The average molecular weight is 342 g/mol. The fourth-order valence-electron chi connectivity index (χ4n) is 1.94. The number of rotatable bonds is 4. The second-order valence-electron chi connectivity index (χ2n) is 4.29. The van der Waals surface area contributed by atoms with Gasteiger partial charge in [-0.1, -0.05) is 15.9 Å². The fraction of sp³-hybridized carbons (Fsp3) is 0.125. The van der Waals surface area contributed by atoms with Gasteiger partial charge in [0.05, 0.1) is 30.0 Å². The lowest BCUT2D eigenvalue weighted by Gasteiger charge is -2.12. The van der Waals surface area contributed by atoms with Crippen LogP contribution >= 0.6 is 15.9 Å². The number of benzene rings is 2. The number of nitrogens with zero attached hydrogens (tertiary/aromatic N) is 2. The number of anilines is 1. The molecule has 0 aliphatic heterocycles. The van der Waals surface area contributed by atoms with Gasteiger partial charge in [-0.15, -0.1) is 0 Å². The highest BCUT2D eigenvalue weighted by atomic mass is 79.9. The van der Waals surface area contributed by atoms with E-state index in [0.29, 0.717) is 23.4 Å². The highest BCUT2D eigenvalue weighted by Crippen LogP contribution is 2.24. The molecule has 2 aromatic rings. The van der Waals surface area contributed by atoms with Crippen molar-refractivity contribution in [2.24, 2.45) is 0 Å². The van der Waals surface area contributed by atoms with Crippen molar-refractivity contribution < 1.29 is 4.74 Å². The van der Waals surface area contributed by atoms with Gasteiger partial charge in [0.1, 0.15) is 11.8 Å². The van der Waals surface area contributed by atoms with E-state index in [1.807, 2.05) is 12.1 Å². The number of nitriles is 2. The van der Waals surface area contributed by atoms with Gasteiger partial charge < -0.3 is 10.1 Å². The topological polar surface area (TPSA) is 68.8 Å². The molecule has 1 N–H and O–H groups in total. The van der Waals surface area contributed by atoms with Crippen molar-refractivity contribution in [3.8, 4) is 17.9 Å². The van der Waals surface area contributed by atoms with Crippen LogP contribution in [-0.4, -0.2) is 7.11 Å². The number of hydrogen-bond acceptors (Lipinski definition) is 4. The number of ether oxygens (including phenoxy) is 1. The minimum atomic E-state index is 0.462. The lowest BCUT2D eigenvalue weighted by Crippen LogP contribution is -2.03. The van der Waals surface area contributed by atoms with Crippen LogP contribution in [0.25, 0.3) is 0 Å². The summed E-state index contributed by atoms with van der Waals surface area (Å²) < 4.78 is 6.18. The molecule has 5 heteroatoms. The largest absolute Gasteiger partial charge is 0.496 e. The normalized spacial score (nSPS) is 9.52. The summed E-state index contributed by atoms with van der Waals surface area (Å²) >= 11 is 3.39. The van der Waals surface area contributed by atoms with Crippen molar-refractivity contribution in [2.75, 3.05) is 12.4 Å². The van der Waals surface area contributed by atoms with E-state index in [9.17, 15) is 0 Å².